The van der Waals surface area contributed by atoms with Crippen LogP contribution in [0.25, 0.3) is 0 Å². The summed E-state index contributed by atoms with van der Waals surface area (Å²) in [5.41, 5.74) is 0.970. The van der Waals surface area contributed by atoms with Crippen LogP contribution < -0.4 is 5.32 Å². The number of hydrogen-bond donors (Lipinski definition) is 1. The van der Waals surface area contributed by atoms with Crippen molar-refractivity contribution in [1.29, 1.82) is 0 Å². The largest absolute Gasteiger partial charge is 0.374 e. The Labute approximate surface area is 120 Å². The number of rotatable bonds is 7. The Kier molecular flexibility index (Phi) is 6.04. The highest BCUT2D eigenvalue weighted by molar-refractivity contribution is 7.10. The van der Waals surface area contributed by atoms with Crippen LogP contribution in [0.4, 0.5) is 5.00 Å². The van der Waals surface area contributed by atoms with Crippen LogP contribution in [0.5, 0.6) is 0 Å². The highest BCUT2D eigenvalue weighted by atomic mass is 32.1. The zero-order chi connectivity index (χ0) is 13.5. The van der Waals surface area contributed by atoms with E-state index in [9.17, 15) is 0 Å². The Bertz CT molecular complexity index is 369. The molecule has 4 nitrogen and oxygen atoms in total. The minimum Gasteiger partial charge on any atom is -0.374 e. The number of anilines is 1. The van der Waals surface area contributed by atoms with Crippen molar-refractivity contribution in [2.24, 2.45) is 5.92 Å². The molecule has 1 N–H and O–H groups in total. The number of hydrogen-bond acceptors (Lipinski definition) is 5. The molecule has 0 bridgehead atoms. The molecule has 0 spiro atoms. The molecule has 0 saturated heterocycles. The van der Waals surface area contributed by atoms with Gasteiger partial charge in [-0.2, -0.15) is 0 Å². The summed E-state index contributed by atoms with van der Waals surface area (Å²) in [5, 5.41) is 8.61. The van der Waals surface area contributed by atoms with Gasteiger partial charge in [-0.05, 0) is 25.2 Å². The molecule has 1 aliphatic rings. The Balaban J connectivity index is 1.79. The Hall–Kier alpha value is -0.680. The fraction of sp³-hybridized carbons (Fsp3) is 0.857. The van der Waals surface area contributed by atoms with Gasteiger partial charge >= 0.3 is 0 Å². The summed E-state index contributed by atoms with van der Waals surface area (Å²) in [4.78, 5) is 0. The van der Waals surface area contributed by atoms with Crippen LogP contribution in [0.2, 0.25) is 0 Å². The molecule has 0 aliphatic heterocycles. The van der Waals surface area contributed by atoms with Crippen LogP contribution in [0, 0.1) is 5.92 Å². The lowest BCUT2D eigenvalue weighted by Gasteiger charge is -2.28. The van der Waals surface area contributed by atoms with E-state index in [1.54, 1.807) is 0 Å². The van der Waals surface area contributed by atoms with Gasteiger partial charge < -0.3 is 10.1 Å². The Morgan fingerprint density at radius 3 is 3.05 bits per heavy atom. The first-order valence-electron chi connectivity index (χ1n) is 7.50. The van der Waals surface area contributed by atoms with Gasteiger partial charge in [0.05, 0.1) is 12.7 Å². The van der Waals surface area contributed by atoms with E-state index in [1.165, 1.54) is 43.6 Å². The predicted molar refractivity (Wildman–Crippen MR) is 79.5 cm³/mol. The maximum Gasteiger partial charge on any atom is 0.135 e. The maximum atomic E-state index is 6.04. The third-order valence-corrected chi connectivity index (χ3v) is 4.58. The van der Waals surface area contributed by atoms with E-state index in [1.807, 2.05) is 0 Å². The van der Waals surface area contributed by atoms with Crippen LogP contribution >= 0.6 is 11.5 Å². The van der Waals surface area contributed by atoms with Gasteiger partial charge in [0.2, 0.25) is 0 Å². The molecule has 108 valence electrons. The van der Waals surface area contributed by atoms with E-state index in [-0.39, 0.29) is 0 Å². The highest BCUT2D eigenvalue weighted by Gasteiger charge is 2.22. The van der Waals surface area contributed by atoms with Gasteiger partial charge in [-0.1, -0.05) is 37.6 Å². The van der Waals surface area contributed by atoms with Crippen molar-refractivity contribution in [3.63, 3.8) is 0 Å². The van der Waals surface area contributed by atoms with Gasteiger partial charge in [-0.3, -0.25) is 0 Å². The second-order valence-corrected chi connectivity index (χ2v) is 6.10. The average Bonchev–Trinajstić information content (AvgIpc) is 2.90. The molecule has 2 unspecified atom stereocenters. The van der Waals surface area contributed by atoms with Crippen molar-refractivity contribution in [1.82, 2.24) is 9.59 Å². The van der Waals surface area contributed by atoms with Crippen molar-refractivity contribution in [2.45, 2.75) is 65.1 Å². The van der Waals surface area contributed by atoms with Crippen molar-refractivity contribution in [3.8, 4) is 0 Å². The molecule has 2 rings (SSSR count). The third kappa shape index (κ3) is 4.42. The molecular weight excluding hydrogens is 258 g/mol. The number of nitrogens with one attached hydrogen (secondary N) is 1. The lowest BCUT2D eigenvalue weighted by Crippen LogP contribution is -2.22. The second kappa shape index (κ2) is 7.80. The first-order chi connectivity index (χ1) is 9.33. The van der Waals surface area contributed by atoms with E-state index >= 15 is 0 Å². The smallest absolute Gasteiger partial charge is 0.135 e. The fourth-order valence-electron chi connectivity index (χ4n) is 2.64. The molecule has 1 fully saturated rings. The standard InChI is InChI=1S/C14H25N3OS/c1-3-8-15-14-13(16-17-19-14)10-18-12-7-5-6-11(4-2)9-12/h11-12,15H,3-10H2,1-2H3. The van der Waals surface area contributed by atoms with Gasteiger partial charge in [0.15, 0.2) is 0 Å². The first kappa shape index (κ1) is 14.7. The summed E-state index contributed by atoms with van der Waals surface area (Å²) in [5.74, 6) is 0.852. The monoisotopic (exact) mass is 283 g/mol. The van der Waals surface area contributed by atoms with E-state index in [2.05, 4.69) is 28.8 Å². The minimum atomic E-state index is 0.416. The molecule has 1 aromatic heterocycles. The van der Waals surface area contributed by atoms with Gasteiger partial charge in [0.25, 0.3) is 0 Å². The van der Waals surface area contributed by atoms with Gasteiger partial charge in [-0.15, -0.1) is 5.10 Å². The molecular formula is C14H25N3OS. The van der Waals surface area contributed by atoms with Crippen molar-refractivity contribution >= 4 is 16.5 Å². The number of aromatic nitrogens is 2. The van der Waals surface area contributed by atoms with Crippen LogP contribution in [-0.4, -0.2) is 22.2 Å². The summed E-state index contributed by atoms with van der Waals surface area (Å²) in [6.45, 7) is 6.01. The zero-order valence-corrected chi connectivity index (χ0v) is 12.8. The van der Waals surface area contributed by atoms with E-state index in [0.29, 0.717) is 12.7 Å². The Morgan fingerprint density at radius 2 is 2.26 bits per heavy atom. The van der Waals surface area contributed by atoms with Crippen molar-refractivity contribution < 1.29 is 4.74 Å². The number of nitrogens with zero attached hydrogens (tertiary/aromatic N) is 2. The Morgan fingerprint density at radius 1 is 1.37 bits per heavy atom. The molecule has 1 heterocycles. The normalized spacial score (nSPS) is 23.5. The average molecular weight is 283 g/mol. The van der Waals surface area contributed by atoms with Crippen LogP contribution in [-0.2, 0) is 11.3 Å². The third-order valence-electron chi connectivity index (χ3n) is 3.86. The molecule has 0 aromatic carbocycles. The first-order valence-corrected chi connectivity index (χ1v) is 8.27. The SMILES string of the molecule is CCCNc1snnc1COC1CCCC(CC)C1. The van der Waals surface area contributed by atoms with Crippen molar-refractivity contribution in [3.05, 3.63) is 5.69 Å². The van der Waals surface area contributed by atoms with Crippen LogP contribution in [0.3, 0.4) is 0 Å². The summed E-state index contributed by atoms with van der Waals surface area (Å²) in [7, 11) is 0. The van der Waals surface area contributed by atoms with E-state index in [0.717, 1.165) is 29.6 Å². The molecule has 1 saturated carbocycles. The lowest BCUT2D eigenvalue weighted by atomic mass is 9.85. The fourth-order valence-corrected chi connectivity index (χ4v) is 3.23. The molecule has 5 heteroatoms. The topological polar surface area (TPSA) is 47.0 Å². The summed E-state index contributed by atoms with van der Waals surface area (Å²) >= 11 is 1.43. The zero-order valence-electron chi connectivity index (χ0n) is 12.0. The van der Waals surface area contributed by atoms with E-state index in [4.69, 9.17) is 4.74 Å². The van der Waals surface area contributed by atoms with Crippen LogP contribution in [0.1, 0.15) is 58.1 Å². The minimum absolute atomic E-state index is 0.416. The maximum absolute atomic E-state index is 6.04. The van der Waals surface area contributed by atoms with E-state index < -0.39 is 0 Å². The molecule has 19 heavy (non-hydrogen) atoms. The summed E-state index contributed by atoms with van der Waals surface area (Å²) in [6.07, 6.45) is 7.90. The second-order valence-electron chi connectivity index (χ2n) is 5.35. The molecule has 2 atom stereocenters. The lowest BCUT2D eigenvalue weighted by molar-refractivity contribution is 0.000568. The number of ether oxygens (including phenoxy) is 1. The van der Waals surface area contributed by atoms with Gasteiger partial charge in [-0.25, -0.2) is 0 Å². The summed E-state index contributed by atoms with van der Waals surface area (Å²) < 4.78 is 10.1. The molecule has 0 radical (unpaired) electrons. The highest BCUT2D eigenvalue weighted by Crippen LogP contribution is 2.29. The predicted octanol–water partition coefficient (Wildman–Crippen LogP) is 3.85. The quantitative estimate of drug-likeness (QED) is 0.825. The van der Waals surface area contributed by atoms with Crippen molar-refractivity contribution in [2.75, 3.05) is 11.9 Å². The van der Waals surface area contributed by atoms with Gasteiger partial charge in [0, 0.05) is 18.1 Å². The molecule has 1 aliphatic carbocycles. The van der Waals surface area contributed by atoms with Crippen LogP contribution in [0.15, 0.2) is 0 Å². The molecule has 0 amide bonds. The molecule has 1 aromatic rings. The van der Waals surface area contributed by atoms with Gasteiger partial charge in [0.1, 0.15) is 10.7 Å². The summed E-state index contributed by atoms with van der Waals surface area (Å²) in [6, 6.07) is 0.